The van der Waals surface area contributed by atoms with E-state index in [1.54, 1.807) is 12.1 Å². The van der Waals surface area contributed by atoms with Crippen LogP contribution in [0.5, 0.6) is 0 Å². The van der Waals surface area contributed by atoms with E-state index in [4.69, 9.17) is 16.7 Å². The molecule has 1 fully saturated rings. The van der Waals surface area contributed by atoms with Crippen molar-refractivity contribution in [3.05, 3.63) is 41.2 Å². The number of carbonyl (C=O) groups is 1. The van der Waals surface area contributed by atoms with Crippen molar-refractivity contribution in [2.24, 2.45) is 0 Å². The number of rotatable bonds is 3. The van der Waals surface area contributed by atoms with Crippen LogP contribution in [-0.2, 0) is 0 Å². The minimum atomic E-state index is -1.08. The number of nitrogens with zero attached hydrogens (tertiary/aromatic N) is 3. The summed E-state index contributed by atoms with van der Waals surface area (Å²) in [7, 11) is 0. The van der Waals surface area contributed by atoms with Gasteiger partial charge in [0.2, 0.25) is 0 Å². The van der Waals surface area contributed by atoms with Crippen LogP contribution in [-0.4, -0.2) is 34.1 Å². The minimum absolute atomic E-state index is 0.0529. The van der Waals surface area contributed by atoms with Crippen LogP contribution in [0.1, 0.15) is 23.3 Å². The molecular formula is C15H14ClN3O2. The van der Waals surface area contributed by atoms with Gasteiger partial charge in [-0.15, -0.1) is 0 Å². The highest BCUT2D eigenvalue weighted by Gasteiger charge is 2.21. The number of hydrogen-bond donors (Lipinski definition) is 1. The highest BCUT2D eigenvalue weighted by atomic mass is 35.5. The predicted molar refractivity (Wildman–Crippen MR) is 80.9 cm³/mol. The van der Waals surface area contributed by atoms with Crippen molar-refractivity contribution in [2.75, 3.05) is 18.0 Å². The zero-order valence-electron chi connectivity index (χ0n) is 11.3. The summed E-state index contributed by atoms with van der Waals surface area (Å²) in [4.78, 5) is 21.9. The van der Waals surface area contributed by atoms with Gasteiger partial charge in [-0.1, -0.05) is 23.7 Å². The summed E-state index contributed by atoms with van der Waals surface area (Å²) in [6, 6.07) is 7.19. The van der Waals surface area contributed by atoms with E-state index in [1.165, 1.54) is 6.20 Å². The molecule has 2 heterocycles. The molecule has 0 radical (unpaired) electrons. The van der Waals surface area contributed by atoms with Gasteiger partial charge in [0.25, 0.3) is 0 Å². The van der Waals surface area contributed by atoms with E-state index >= 15 is 0 Å². The summed E-state index contributed by atoms with van der Waals surface area (Å²) in [6.45, 7) is 1.84. The van der Waals surface area contributed by atoms with Crippen molar-refractivity contribution < 1.29 is 9.90 Å². The Labute approximate surface area is 127 Å². The Hall–Kier alpha value is -2.14. The highest BCUT2D eigenvalue weighted by molar-refractivity contribution is 6.30. The van der Waals surface area contributed by atoms with Gasteiger partial charge in [0.05, 0.1) is 6.20 Å². The molecule has 21 heavy (non-hydrogen) atoms. The van der Waals surface area contributed by atoms with E-state index in [1.807, 2.05) is 12.1 Å². The van der Waals surface area contributed by atoms with Gasteiger partial charge in [-0.25, -0.2) is 14.8 Å². The molecule has 0 aliphatic carbocycles. The van der Waals surface area contributed by atoms with Crippen LogP contribution >= 0.6 is 11.6 Å². The molecule has 6 heteroatoms. The van der Waals surface area contributed by atoms with Crippen LogP contribution in [0.15, 0.2) is 30.5 Å². The van der Waals surface area contributed by atoms with Gasteiger partial charge in [0.1, 0.15) is 5.69 Å². The van der Waals surface area contributed by atoms with Crippen molar-refractivity contribution in [1.82, 2.24) is 9.97 Å². The molecule has 3 rings (SSSR count). The maximum atomic E-state index is 11.1. The molecule has 1 aromatic carbocycles. The normalized spacial score (nSPS) is 14.4. The second-order valence-electron chi connectivity index (χ2n) is 4.93. The molecule has 1 aliphatic rings. The van der Waals surface area contributed by atoms with Gasteiger partial charge in [0.15, 0.2) is 11.5 Å². The quantitative estimate of drug-likeness (QED) is 0.944. The number of carboxylic acid groups (broad SMARTS) is 1. The van der Waals surface area contributed by atoms with E-state index in [2.05, 4.69) is 14.9 Å². The maximum absolute atomic E-state index is 11.1. The molecule has 1 saturated heterocycles. The Morgan fingerprint density at radius 2 is 1.86 bits per heavy atom. The van der Waals surface area contributed by atoms with Crippen LogP contribution in [0.3, 0.4) is 0 Å². The summed E-state index contributed by atoms with van der Waals surface area (Å²) < 4.78 is 0. The van der Waals surface area contributed by atoms with Crippen molar-refractivity contribution in [2.45, 2.75) is 12.8 Å². The largest absolute Gasteiger partial charge is 0.476 e. The lowest BCUT2D eigenvalue weighted by Gasteiger charge is -2.19. The van der Waals surface area contributed by atoms with Crippen molar-refractivity contribution >= 4 is 23.4 Å². The first-order valence-electron chi connectivity index (χ1n) is 6.76. The van der Waals surface area contributed by atoms with Crippen molar-refractivity contribution in [3.63, 3.8) is 0 Å². The molecule has 108 valence electrons. The molecule has 1 aromatic heterocycles. The number of halogens is 1. The number of aromatic nitrogens is 2. The first-order valence-corrected chi connectivity index (χ1v) is 7.14. The Balaban J connectivity index is 2.11. The van der Waals surface area contributed by atoms with Gasteiger partial charge >= 0.3 is 5.97 Å². The van der Waals surface area contributed by atoms with Gasteiger partial charge < -0.3 is 10.0 Å². The molecule has 0 saturated carbocycles. The van der Waals surface area contributed by atoms with E-state index in [9.17, 15) is 4.79 Å². The first-order chi connectivity index (χ1) is 10.1. The van der Waals surface area contributed by atoms with E-state index < -0.39 is 5.97 Å². The van der Waals surface area contributed by atoms with Crippen LogP contribution in [0.4, 0.5) is 5.82 Å². The molecule has 0 amide bonds. The molecule has 0 spiro atoms. The second kappa shape index (κ2) is 5.69. The Morgan fingerprint density at radius 3 is 2.48 bits per heavy atom. The standard InChI is InChI=1S/C15H14ClN3O2/c16-11-5-3-10(4-6-11)13-14(19-7-1-2-8-19)17-9-12(18-13)15(20)21/h3-6,9H,1-2,7-8H2,(H,20,21). The molecule has 2 aromatic rings. The summed E-state index contributed by atoms with van der Waals surface area (Å²) in [5.41, 5.74) is 1.35. The van der Waals surface area contributed by atoms with Gasteiger partial charge in [-0.3, -0.25) is 0 Å². The average molecular weight is 304 g/mol. The Bertz CT molecular complexity index is 667. The van der Waals surface area contributed by atoms with Crippen molar-refractivity contribution in [1.29, 1.82) is 0 Å². The van der Waals surface area contributed by atoms with Gasteiger partial charge in [-0.05, 0) is 25.0 Å². The third-order valence-corrected chi connectivity index (χ3v) is 3.75. The molecule has 0 bridgehead atoms. The zero-order chi connectivity index (χ0) is 14.8. The lowest BCUT2D eigenvalue weighted by molar-refractivity contribution is 0.0690. The smallest absolute Gasteiger partial charge is 0.356 e. The summed E-state index contributed by atoms with van der Waals surface area (Å²) in [5, 5.41) is 9.75. The molecule has 0 atom stereocenters. The van der Waals surface area contributed by atoms with Crippen LogP contribution in [0.25, 0.3) is 11.3 Å². The average Bonchev–Trinajstić information content (AvgIpc) is 3.01. The van der Waals surface area contributed by atoms with Crippen LogP contribution in [0, 0.1) is 0 Å². The number of benzene rings is 1. The highest BCUT2D eigenvalue weighted by Crippen LogP contribution is 2.30. The Morgan fingerprint density at radius 1 is 1.19 bits per heavy atom. The molecule has 1 N–H and O–H groups in total. The van der Waals surface area contributed by atoms with E-state index in [0.29, 0.717) is 10.7 Å². The lowest BCUT2D eigenvalue weighted by Crippen LogP contribution is -2.21. The fraction of sp³-hybridized carbons (Fsp3) is 0.267. The number of hydrogen-bond acceptors (Lipinski definition) is 4. The topological polar surface area (TPSA) is 66.3 Å². The lowest BCUT2D eigenvalue weighted by atomic mass is 10.1. The number of carboxylic acids is 1. The van der Waals surface area contributed by atoms with Gasteiger partial charge in [-0.2, -0.15) is 0 Å². The third kappa shape index (κ3) is 2.83. The summed E-state index contributed by atoms with van der Waals surface area (Å²) in [6.07, 6.45) is 3.54. The molecule has 0 unspecified atom stereocenters. The molecular weight excluding hydrogens is 290 g/mol. The van der Waals surface area contributed by atoms with Gasteiger partial charge in [0, 0.05) is 23.7 Å². The molecule has 5 nitrogen and oxygen atoms in total. The van der Waals surface area contributed by atoms with E-state index in [0.717, 1.165) is 37.3 Å². The summed E-state index contributed by atoms with van der Waals surface area (Å²) >= 11 is 5.91. The number of aromatic carboxylic acids is 1. The minimum Gasteiger partial charge on any atom is -0.476 e. The fourth-order valence-electron chi connectivity index (χ4n) is 2.45. The molecule has 1 aliphatic heterocycles. The Kier molecular flexibility index (Phi) is 3.75. The van der Waals surface area contributed by atoms with Crippen molar-refractivity contribution in [3.8, 4) is 11.3 Å². The van der Waals surface area contributed by atoms with Crippen LogP contribution < -0.4 is 4.90 Å². The zero-order valence-corrected chi connectivity index (χ0v) is 12.0. The number of anilines is 1. The second-order valence-corrected chi connectivity index (χ2v) is 5.37. The third-order valence-electron chi connectivity index (χ3n) is 3.50. The van der Waals surface area contributed by atoms with Crippen LogP contribution in [0.2, 0.25) is 5.02 Å². The van der Waals surface area contributed by atoms with E-state index in [-0.39, 0.29) is 5.69 Å². The maximum Gasteiger partial charge on any atom is 0.356 e. The first kappa shape index (κ1) is 13.8. The monoisotopic (exact) mass is 303 g/mol. The predicted octanol–water partition coefficient (Wildman–Crippen LogP) is 3.10. The fourth-order valence-corrected chi connectivity index (χ4v) is 2.57. The SMILES string of the molecule is O=C(O)c1cnc(N2CCCC2)c(-c2ccc(Cl)cc2)n1. The summed E-state index contributed by atoms with van der Waals surface area (Å²) in [5.74, 6) is -0.342.